The van der Waals surface area contributed by atoms with E-state index in [9.17, 15) is 4.39 Å². The van der Waals surface area contributed by atoms with Crippen molar-refractivity contribution >= 4 is 5.69 Å². The van der Waals surface area contributed by atoms with E-state index >= 15 is 0 Å². The molecule has 145 valence electrons. The van der Waals surface area contributed by atoms with Crippen LogP contribution in [0.4, 0.5) is 10.1 Å². The summed E-state index contributed by atoms with van der Waals surface area (Å²) >= 11 is 0. The molecule has 0 saturated heterocycles. The van der Waals surface area contributed by atoms with Crippen molar-refractivity contribution in [3.8, 4) is 11.1 Å². The average molecular weight is 453 g/mol. The average Bonchev–Trinajstić information content (AvgIpc) is 3.02. The van der Waals surface area contributed by atoms with Crippen LogP contribution in [0, 0.1) is 31.7 Å². The van der Waals surface area contributed by atoms with E-state index in [-0.39, 0.29) is 30.7 Å². The first kappa shape index (κ1) is 21.5. The Morgan fingerprint density at radius 2 is 1.67 bits per heavy atom. The van der Waals surface area contributed by atoms with Crippen molar-refractivity contribution in [2.45, 2.75) is 40.7 Å². The van der Waals surface area contributed by atoms with E-state index in [1.54, 1.807) is 12.1 Å². The molecule has 0 amide bonds. The molecule has 0 saturated carbocycles. The van der Waals surface area contributed by atoms with E-state index in [1.165, 1.54) is 12.1 Å². The molecule has 0 bridgehead atoms. The third-order valence-electron chi connectivity index (χ3n) is 5.17. The van der Waals surface area contributed by atoms with Crippen LogP contribution in [0.15, 0.2) is 48.8 Å². The zero-order chi connectivity index (χ0) is 19.1. The van der Waals surface area contributed by atoms with Crippen molar-refractivity contribution in [3.63, 3.8) is 0 Å². The molecule has 2 aromatic rings. The first-order valence-electron chi connectivity index (χ1n) is 8.98. The Balaban J connectivity index is 0.00000261. The van der Waals surface area contributed by atoms with Gasteiger partial charge in [-0.25, -0.2) is 4.39 Å². The van der Waals surface area contributed by atoms with Crippen molar-refractivity contribution < 1.29 is 23.9 Å². The molecule has 0 fully saturated rings. The van der Waals surface area contributed by atoms with Gasteiger partial charge in [0.05, 0.1) is 0 Å². The fourth-order valence-electron chi connectivity index (χ4n) is 3.21. The van der Waals surface area contributed by atoms with Gasteiger partial charge in [-0.15, -0.1) is 0 Å². The van der Waals surface area contributed by atoms with Crippen LogP contribution in [0.2, 0.25) is 0 Å². The largest absolute Gasteiger partial charge is 2.00 e. The van der Waals surface area contributed by atoms with E-state index in [0.29, 0.717) is 6.04 Å². The molecule has 1 aliphatic rings. The zero-order valence-corrected chi connectivity index (χ0v) is 18.2. The molecule has 1 heterocycles. The van der Waals surface area contributed by atoms with Crippen molar-refractivity contribution in [3.05, 3.63) is 79.3 Å². The van der Waals surface area contributed by atoms with Crippen LogP contribution < -0.4 is 4.90 Å². The Morgan fingerprint density at radius 3 is 2.22 bits per heavy atom. The second kappa shape index (κ2) is 8.06. The smallest absolute Gasteiger partial charge is 0.532 e. The number of hydrogen-bond donors (Lipinski definition) is 0. The normalized spacial score (nSPS) is 15.0. The molecular formula is C23H27FN2Rh. The summed E-state index contributed by atoms with van der Waals surface area (Å²) in [7, 11) is 0. The van der Waals surface area contributed by atoms with Gasteiger partial charge in [-0.05, 0) is 49.4 Å². The molecular weight excluding hydrogens is 426 g/mol. The number of benzene rings is 2. The molecule has 4 heteroatoms. The van der Waals surface area contributed by atoms with Crippen LogP contribution in [-0.2, 0) is 19.5 Å². The van der Waals surface area contributed by atoms with Gasteiger partial charge in [0, 0.05) is 6.04 Å². The quantitative estimate of drug-likeness (QED) is 0.408. The predicted molar refractivity (Wildman–Crippen MR) is 108 cm³/mol. The summed E-state index contributed by atoms with van der Waals surface area (Å²) in [5.41, 5.74) is 5.43. The van der Waals surface area contributed by atoms with Crippen molar-refractivity contribution in [1.29, 1.82) is 0 Å². The fourth-order valence-corrected chi connectivity index (χ4v) is 3.21. The minimum Gasteiger partial charge on any atom is -0.532 e. The number of nitrogens with zero attached hydrogens (tertiary/aromatic N) is 2. The SMILES string of the molecule is [CH2-]c1cc(-c2ccc(F)cc2)cc(C)c1N1C=CN([C@H](C)C(C)(C)C)[CH-]1.[Rh+2]. The summed E-state index contributed by atoms with van der Waals surface area (Å²) in [5.74, 6) is -0.221. The number of rotatable bonds is 3. The fraction of sp³-hybridized carbons (Fsp3) is 0.304. The molecule has 3 rings (SSSR count). The predicted octanol–water partition coefficient (Wildman–Crippen LogP) is 6.13. The summed E-state index contributed by atoms with van der Waals surface area (Å²) in [5, 5.41) is 0. The van der Waals surface area contributed by atoms with E-state index < -0.39 is 0 Å². The molecule has 2 aromatic carbocycles. The van der Waals surface area contributed by atoms with Crippen LogP contribution in [0.1, 0.15) is 38.8 Å². The van der Waals surface area contributed by atoms with Gasteiger partial charge in [-0.1, -0.05) is 55.8 Å². The molecule has 0 spiro atoms. The Hall–Kier alpha value is -1.80. The Labute approximate surface area is 175 Å². The topological polar surface area (TPSA) is 6.48 Å². The molecule has 0 N–H and O–H groups in total. The van der Waals surface area contributed by atoms with Crippen LogP contribution in [0.3, 0.4) is 0 Å². The van der Waals surface area contributed by atoms with Gasteiger partial charge >= 0.3 is 19.5 Å². The summed E-state index contributed by atoms with van der Waals surface area (Å²) in [6.07, 6.45) is 4.19. The van der Waals surface area contributed by atoms with Gasteiger partial charge in [0.2, 0.25) is 0 Å². The number of hydrogen-bond acceptors (Lipinski definition) is 2. The summed E-state index contributed by atoms with van der Waals surface area (Å²) < 4.78 is 13.2. The maximum atomic E-state index is 13.2. The number of anilines is 1. The number of aryl methyl sites for hydroxylation is 1. The van der Waals surface area contributed by atoms with Gasteiger partial charge < -0.3 is 9.80 Å². The van der Waals surface area contributed by atoms with Crippen LogP contribution in [0.25, 0.3) is 11.1 Å². The molecule has 1 aliphatic heterocycles. The third-order valence-corrected chi connectivity index (χ3v) is 5.17. The summed E-state index contributed by atoms with van der Waals surface area (Å²) in [4.78, 5) is 4.38. The maximum Gasteiger partial charge on any atom is 2.00 e. The second-order valence-corrected chi connectivity index (χ2v) is 8.12. The van der Waals surface area contributed by atoms with Gasteiger partial charge in [0.15, 0.2) is 0 Å². The van der Waals surface area contributed by atoms with Gasteiger partial charge in [0.1, 0.15) is 5.82 Å². The second-order valence-electron chi connectivity index (χ2n) is 8.12. The van der Waals surface area contributed by atoms with Crippen molar-refractivity contribution in [2.24, 2.45) is 5.41 Å². The third kappa shape index (κ3) is 4.55. The molecule has 2 nitrogen and oxygen atoms in total. The standard InChI is InChI=1S/C23H27FN2.Rh/c1-16-13-20(19-7-9-21(24)10-8-19)14-17(2)22(16)26-12-11-25(15-26)18(3)23(4,5)6;/h7-15,18H,1H2,2-6H3;/q-2;+2/t18-;/m1./s1. The first-order valence-corrected chi connectivity index (χ1v) is 8.98. The Kier molecular flexibility index (Phi) is 6.42. The summed E-state index contributed by atoms with van der Waals surface area (Å²) in [6.45, 7) is 17.5. The van der Waals surface area contributed by atoms with Gasteiger partial charge in [0.25, 0.3) is 0 Å². The van der Waals surface area contributed by atoms with Crippen LogP contribution in [0.5, 0.6) is 0 Å². The molecule has 0 unspecified atom stereocenters. The zero-order valence-electron chi connectivity index (χ0n) is 16.6. The molecule has 1 radical (unpaired) electrons. The minimum atomic E-state index is -0.221. The van der Waals surface area contributed by atoms with Crippen molar-refractivity contribution in [1.82, 2.24) is 4.90 Å². The minimum absolute atomic E-state index is 0. The van der Waals surface area contributed by atoms with E-state index in [4.69, 9.17) is 0 Å². The van der Waals surface area contributed by atoms with Crippen LogP contribution in [-0.4, -0.2) is 10.9 Å². The van der Waals surface area contributed by atoms with Crippen LogP contribution >= 0.6 is 0 Å². The molecule has 0 aliphatic carbocycles. The van der Waals surface area contributed by atoms with E-state index in [1.807, 2.05) is 0 Å². The monoisotopic (exact) mass is 453 g/mol. The van der Waals surface area contributed by atoms with E-state index in [2.05, 4.69) is 82.5 Å². The Morgan fingerprint density at radius 1 is 1.04 bits per heavy atom. The summed E-state index contributed by atoms with van der Waals surface area (Å²) in [6, 6.07) is 11.2. The van der Waals surface area contributed by atoms with Gasteiger partial charge in [-0.3, -0.25) is 0 Å². The van der Waals surface area contributed by atoms with Crippen molar-refractivity contribution in [2.75, 3.05) is 4.90 Å². The molecule has 1 atom stereocenters. The first-order chi connectivity index (χ1) is 12.2. The molecule has 0 aromatic heterocycles. The van der Waals surface area contributed by atoms with Gasteiger partial charge in [-0.2, -0.15) is 25.2 Å². The van der Waals surface area contributed by atoms with E-state index in [0.717, 1.165) is 27.9 Å². The maximum absolute atomic E-state index is 13.2. The molecule has 27 heavy (non-hydrogen) atoms. The number of halogens is 1. The Bertz CT molecular complexity index is 798.